The van der Waals surface area contributed by atoms with Gasteiger partial charge in [-0.2, -0.15) is 0 Å². The Bertz CT molecular complexity index is 1180. The molecular weight excluding hydrogens is 388 g/mol. The summed E-state index contributed by atoms with van der Waals surface area (Å²) in [5.41, 5.74) is 8.83. The van der Waals surface area contributed by atoms with Gasteiger partial charge in [-0.15, -0.1) is 11.3 Å². The molecule has 0 saturated heterocycles. The van der Waals surface area contributed by atoms with Crippen molar-refractivity contribution in [1.29, 1.82) is 0 Å². The molecule has 3 aromatic rings. The normalized spacial score (nSPS) is 18.1. The molecule has 0 radical (unpaired) electrons. The van der Waals surface area contributed by atoms with E-state index < -0.39 is 5.97 Å². The summed E-state index contributed by atoms with van der Waals surface area (Å²) >= 11 is 1.74. The van der Waals surface area contributed by atoms with Crippen LogP contribution in [-0.4, -0.2) is 30.8 Å². The molecule has 0 amide bonds. The minimum Gasteiger partial charge on any atom is -0.494 e. The monoisotopic (exact) mass is 410 g/mol. The minimum absolute atomic E-state index is 0.0609. The Morgan fingerprint density at radius 1 is 1.24 bits per heavy atom. The maximum atomic E-state index is 13.0. The van der Waals surface area contributed by atoms with E-state index >= 15 is 0 Å². The van der Waals surface area contributed by atoms with E-state index in [9.17, 15) is 9.59 Å². The third kappa shape index (κ3) is 2.88. The van der Waals surface area contributed by atoms with Crippen LogP contribution in [0.5, 0.6) is 5.75 Å². The largest absolute Gasteiger partial charge is 0.494 e. The van der Waals surface area contributed by atoms with Gasteiger partial charge in [-0.1, -0.05) is 0 Å². The first kappa shape index (κ1) is 18.4. The molecule has 6 nitrogen and oxygen atoms in total. The van der Waals surface area contributed by atoms with Gasteiger partial charge in [0, 0.05) is 33.6 Å². The fraction of sp³-hybridized carbons (Fsp3) is 0.364. The van der Waals surface area contributed by atoms with Gasteiger partial charge in [0.2, 0.25) is 5.43 Å². The van der Waals surface area contributed by atoms with Gasteiger partial charge in [0.05, 0.1) is 25.1 Å². The summed E-state index contributed by atoms with van der Waals surface area (Å²) in [5, 5.41) is 0.478. The van der Waals surface area contributed by atoms with E-state index in [0.29, 0.717) is 11.1 Å². The summed E-state index contributed by atoms with van der Waals surface area (Å²) in [6.45, 7) is 0. The van der Waals surface area contributed by atoms with Crippen LogP contribution in [0.4, 0.5) is 0 Å². The molecule has 2 N–H and O–H groups in total. The molecule has 1 aromatic carbocycles. The van der Waals surface area contributed by atoms with E-state index in [1.807, 2.05) is 10.6 Å². The molecule has 1 saturated carbocycles. The van der Waals surface area contributed by atoms with Crippen molar-refractivity contribution in [2.24, 2.45) is 5.73 Å². The summed E-state index contributed by atoms with van der Waals surface area (Å²) in [4.78, 5) is 27.6. The number of rotatable bonds is 4. The Hall–Kier alpha value is -2.64. The smallest absolute Gasteiger partial charge is 0.343 e. The number of methoxy groups -OCH3 is 2. The Balaban J connectivity index is 1.76. The first-order valence-electron chi connectivity index (χ1n) is 9.73. The maximum Gasteiger partial charge on any atom is 0.343 e. The summed E-state index contributed by atoms with van der Waals surface area (Å²) < 4.78 is 12.7. The number of hydrogen-bond acceptors (Lipinski definition) is 6. The van der Waals surface area contributed by atoms with Gasteiger partial charge in [0.25, 0.3) is 0 Å². The van der Waals surface area contributed by atoms with E-state index in [1.165, 1.54) is 17.6 Å². The molecule has 1 unspecified atom stereocenters. The topological polar surface area (TPSA) is 83.6 Å². The van der Waals surface area contributed by atoms with Crippen molar-refractivity contribution in [3.8, 4) is 16.2 Å². The Kier molecular flexibility index (Phi) is 4.26. The first-order chi connectivity index (χ1) is 14.0. The van der Waals surface area contributed by atoms with Crippen molar-refractivity contribution in [2.75, 3.05) is 14.2 Å². The number of esters is 1. The number of fused-ring (bicyclic) bond motifs is 2. The second-order valence-corrected chi connectivity index (χ2v) is 8.91. The lowest BCUT2D eigenvalue weighted by Gasteiger charge is -2.17. The number of benzene rings is 1. The summed E-state index contributed by atoms with van der Waals surface area (Å²) in [5.74, 6) is 0.0625. The quantitative estimate of drug-likeness (QED) is 0.668. The fourth-order valence-corrected chi connectivity index (χ4v) is 5.56. The van der Waals surface area contributed by atoms with Crippen molar-refractivity contribution in [3.63, 3.8) is 0 Å². The second-order valence-electron chi connectivity index (χ2n) is 7.77. The Labute approximate surface area is 171 Å². The first-order valence-corrected chi connectivity index (χ1v) is 10.5. The third-order valence-corrected chi connectivity index (χ3v) is 7.02. The highest BCUT2D eigenvalue weighted by Gasteiger charge is 2.30. The third-order valence-electron chi connectivity index (χ3n) is 5.79. The van der Waals surface area contributed by atoms with E-state index in [1.54, 1.807) is 30.7 Å². The van der Waals surface area contributed by atoms with Gasteiger partial charge in [-0.05, 0) is 49.4 Å². The van der Waals surface area contributed by atoms with Gasteiger partial charge < -0.3 is 19.8 Å². The molecule has 0 spiro atoms. The molecule has 1 atom stereocenters. The average molecular weight is 410 g/mol. The lowest BCUT2D eigenvalue weighted by molar-refractivity contribution is 0.0598. The summed E-state index contributed by atoms with van der Waals surface area (Å²) in [6, 6.07) is 6.38. The molecule has 2 aliphatic rings. The highest BCUT2D eigenvalue weighted by atomic mass is 32.1. The average Bonchev–Trinajstić information content (AvgIpc) is 3.40. The number of pyridine rings is 1. The van der Waals surface area contributed by atoms with Crippen molar-refractivity contribution in [3.05, 3.63) is 50.6 Å². The van der Waals surface area contributed by atoms with Crippen LogP contribution < -0.4 is 15.9 Å². The number of nitrogens with two attached hydrogens (primary N) is 1. The van der Waals surface area contributed by atoms with Crippen LogP contribution >= 0.6 is 11.3 Å². The molecule has 2 aromatic heterocycles. The molecular formula is C22H22N2O4S. The summed E-state index contributed by atoms with van der Waals surface area (Å²) in [7, 11) is 2.92. The molecule has 5 rings (SSSR count). The lowest BCUT2D eigenvalue weighted by atomic mass is 10.0. The highest BCUT2D eigenvalue weighted by Crippen LogP contribution is 2.45. The number of carbonyl (C=O) groups is 1. The predicted octanol–water partition coefficient (Wildman–Crippen LogP) is 3.29. The van der Waals surface area contributed by atoms with Crippen molar-refractivity contribution < 1.29 is 14.3 Å². The number of hydrogen-bond donors (Lipinski definition) is 1. The van der Waals surface area contributed by atoms with E-state index in [0.717, 1.165) is 41.6 Å². The molecule has 0 bridgehead atoms. The summed E-state index contributed by atoms with van der Waals surface area (Å²) in [6.07, 6.45) is 5.46. The van der Waals surface area contributed by atoms with E-state index in [4.69, 9.17) is 15.2 Å². The zero-order valence-corrected chi connectivity index (χ0v) is 17.2. The Morgan fingerprint density at radius 2 is 2.03 bits per heavy atom. The molecule has 1 fully saturated rings. The number of thiophene rings is 1. The van der Waals surface area contributed by atoms with Crippen LogP contribution in [0.1, 0.15) is 39.7 Å². The molecule has 150 valence electrons. The number of ether oxygens (including phenoxy) is 2. The van der Waals surface area contributed by atoms with Gasteiger partial charge in [0.15, 0.2) is 5.75 Å². The van der Waals surface area contributed by atoms with Crippen LogP contribution in [0.25, 0.3) is 21.3 Å². The molecule has 2 aliphatic carbocycles. The van der Waals surface area contributed by atoms with Gasteiger partial charge in [-0.25, -0.2) is 4.79 Å². The van der Waals surface area contributed by atoms with Crippen LogP contribution in [-0.2, 0) is 17.6 Å². The van der Waals surface area contributed by atoms with E-state index in [-0.39, 0.29) is 23.1 Å². The zero-order chi connectivity index (χ0) is 20.3. The second kappa shape index (κ2) is 6.71. The molecule has 0 aliphatic heterocycles. The number of aromatic nitrogens is 1. The highest BCUT2D eigenvalue weighted by molar-refractivity contribution is 7.15. The SMILES string of the molecule is COC(=O)c1cn(C2CC2)c2c(OC)c(-c3cc4c(s3)CC(N)C4)ccc2c1=O. The minimum atomic E-state index is -0.611. The zero-order valence-electron chi connectivity index (χ0n) is 16.4. The Morgan fingerprint density at radius 3 is 2.69 bits per heavy atom. The van der Waals surface area contributed by atoms with Crippen LogP contribution in [0.3, 0.4) is 0 Å². The van der Waals surface area contributed by atoms with Gasteiger partial charge in [-0.3, -0.25) is 4.79 Å². The van der Waals surface area contributed by atoms with Gasteiger partial charge in [0.1, 0.15) is 5.56 Å². The van der Waals surface area contributed by atoms with E-state index in [2.05, 4.69) is 6.07 Å². The predicted molar refractivity (Wildman–Crippen MR) is 113 cm³/mol. The standard InChI is InChI=1S/C22H22N2O4S/c1-27-21-14(18-8-11-7-12(23)9-17(11)29-18)5-6-15-19(21)24(13-3-4-13)10-16(20(15)25)22(26)28-2/h5-6,8,10,12-13H,3-4,7,9,23H2,1-2H3. The lowest BCUT2D eigenvalue weighted by Crippen LogP contribution is -2.20. The van der Waals surface area contributed by atoms with Crippen LogP contribution in [0.2, 0.25) is 0 Å². The molecule has 2 heterocycles. The molecule has 7 heteroatoms. The van der Waals surface area contributed by atoms with Crippen molar-refractivity contribution in [1.82, 2.24) is 4.57 Å². The van der Waals surface area contributed by atoms with Gasteiger partial charge >= 0.3 is 5.97 Å². The maximum absolute atomic E-state index is 13.0. The van der Waals surface area contributed by atoms with Crippen LogP contribution in [0.15, 0.2) is 29.2 Å². The van der Waals surface area contributed by atoms with Crippen molar-refractivity contribution >= 4 is 28.2 Å². The van der Waals surface area contributed by atoms with Crippen molar-refractivity contribution in [2.45, 2.75) is 37.8 Å². The number of carbonyl (C=O) groups excluding carboxylic acids is 1. The molecule has 29 heavy (non-hydrogen) atoms. The fourth-order valence-electron chi connectivity index (χ4n) is 4.25. The van der Waals surface area contributed by atoms with Crippen LogP contribution in [0, 0.1) is 0 Å². The number of nitrogens with zero attached hydrogens (tertiary/aromatic N) is 1.